The van der Waals surface area contributed by atoms with Gasteiger partial charge in [-0.3, -0.25) is 0 Å². The molecule has 0 spiro atoms. The van der Waals surface area contributed by atoms with Crippen LogP contribution in [-0.4, -0.2) is 57.2 Å². The predicted molar refractivity (Wildman–Crippen MR) is 61.4 cm³/mol. The van der Waals surface area contributed by atoms with E-state index < -0.39 is 19.1 Å². The Hall–Kier alpha value is -0.300. The first-order valence-electron chi connectivity index (χ1n) is 5.99. The minimum atomic E-state index is -2.42. The predicted octanol–water partition coefficient (Wildman–Crippen LogP) is 1.04. The molecule has 1 atom stereocenters. The van der Waals surface area contributed by atoms with Crippen molar-refractivity contribution in [2.24, 2.45) is 0 Å². The van der Waals surface area contributed by atoms with Gasteiger partial charge < -0.3 is 19.9 Å². The summed E-state index contributed by atoms with van der Waals surface area (Å²) < 4.78 is 33.2. The highest BCUT2D eigenvalue weighted by Crippen LogP contribution is 1.92. The molecular formula is C11H23F2NO3. The summed E-state index contributed by atoms with van der Waals surface area (Å²) in [6.45, 7) is 3.53. The van der Waals surface area contributed by atoms with Gasteiger partial charge in [0.25, 0.3) is 6.43 Å². The van der Waals surface area contributed by atoms with Crippen LogP contribution in [0, 0.1) is 0 Å². The number of halogens is 2. The largest absolute Gasteiger partial charge is 0.389 e. The van der Waals surface area contributed by atoms with Crippen molar-refractivity contribution in [3.05, 3.63) is 0 Å². The third-order valence-corrected chi connectivity index (χ3v) is 2.00. The Kier molecular flexibility index (Phi) is 12.0. The molecule has 0 aromatic rings. The molecule has 0 saturated heterocycles. The third kappa shape index (κ3) is 13.6. The number of aliphatic hydroxyl groups is 1. The van der Waals surface area contributed by atoms with Gasteiger partial charge in [-0.05, 0) is 6.42 Å². The van der Waals surface area contributed by atoms with Crippen LogP contribution in [0.3, 0.4) is 0 Å². The lowest BCUT2D eigenvalue weighted by Gasteiger charge is -2.12. The maximum atomic E-state index is 11.7. The lowest BCUT2D eigenvalue weighted by molar-refractivity contribution is 0.0151. The molecule has 0 radical (unpaired) electrons. The van der Waals surface area contributed by atoms with Crippen LogP contribution in [0.4, 0.5) is 8.78 Å². The Morgan fingerprint density at radius 2 is 1.88 bits per heavy atom. The van der Waals surface area contributed by atoms with Crippen LogP contribution in [0.25, 0.3) is 0 Å². The van der Waals surface area contributed by atoms with Crippen molar-refractivity contribution < 1.29 is 23.4 Å². The number of hydrogen-bond acceptors (Lipinski definition) is 4. The topological polar surface area (TPSA) is 50.7 Å². The number of rotatable bonds is 12. The quantitative estimate of drug-likeness (QED) is 0.512. The highest BCUT2D eigenvalue weighted by molar-refractivity contribution is 4.58. The Balaban J connectivity index is 3.13. The van der Waals surface area contributed by atoms with E-state index in [0.29, 0.717) is 26.3 Å². The molecule has 0 aromatic carbocycles. The zero-order valence-electron chi connectivity index (χ0n) is 10.3. The maximum Gasteiger partial charge on any atom is 0.261 e. The van der Waals surface area contributed by atoms with Crippen molar-refractivity contribution in [1.82, 2.24) is 5.32 Å². The van der Waals surface area contributed by atoms with Crippen molar-refractivity contribution in [3.8, 4) is 0 Å². The van der Waals surface area contributed by atoms with Crippen LogP contribution in [0.5, 0.6) is 0 Å². The van der Waals surface area contributed by atoms with Gasteiger partial charge in [0.05, 0.1) is 19.3 Å². The molecule has 0 heterocycles. The van der Waals surface area contributed by atoms with Gasteiger partial charge in [0.15, 0.2) is 0 Å². The van der Waals surface area contributed by atoms with Gasteiger partial charge >= 0.3 is 0 Å². The summed E-state index contributed by atoms with van der Waals surface area (Å²) in [5, 5.41) is 12.3. The summed E-state index contributed by atoms with van der Waals surface area (Å²) in [7, 11) is 0. The van der Waals surface area contributed by atoms with Crippen molar-refractivity contribution in [3.63, 3.8) is 0 Å². The van der Waals surface area contributed by atoms with E-state index in [4.69, 9.17) is 4.74 Å². The monoisotopic (exact) mass is 255 g/mol. The highest BCUT2D eigenvalue weighted by Gasteiger charge is 2.04. The maximum absolute atomic E-state index is 11.7. The van der Waals surface area contributed by atoms with Crippen LogP contribution in [0.1, 0.15) is 19.8 Å². The molecule has 0 saturated carbocycles. The molecule has 4 nitrogen and oxygen atoms in total. The first-order valence-corrected chi connectivity index (χ1v) is 5.99. The van der Waals surface area contributed by atoms with Crippen LogP contribution in [-0.2, 0) is 9.47 Å². The first-order chi connectivity index (χ1) is 8.16. The SMILES string of the molecule is CCCCOCC(O)CNCCOCC(F)F. The second-order valence-electron chi connectivity index (χ2n) is 3.75. The van der Waals surface area contributed by atoms with E-state index in [1.54, 1.807) is 0 Å². The molecule has 0 aromatic heterocycles. The average Bonchev–Trinajstić information content (AvgIpc) is 2.29. The molecule has 1 unspecified atom stereocenters. The lowest BCUT2D eigenvalue weighted by atomic mass is 10.3. The van der Waals surface area contributed by atoms with Crippen LogP contribution < -0.4 is 5.32 Å². The van der Waals surface area contributed by atoms with Crippen LogP contribution >= 0.6 is 0 Å². The van der Waals surface area contributed by atoms with Gasteiger partial charge in [-0.25, -0.2) is 8.78 Å². The Morgan fingerprint density at radius 1 is 1.18 bits per heavy atom. The first kappa shape index (κ1) is 16.7. The number of alkyl halides is 2. The van der Waals surface area contributed by atoms with E-state index >= 15 is 0 Å². The van der Waals surface area contributed by atoms with Gasteiger partial charge in [0, 0.05) is 19.7 Å². The van der Waals surface area contributed by atoms with Gasteiger partial charge in [-0.1, -0.05) is 13.3 Å². The van der Waals surface area contributed by atoms with Crippen molar-refractivity contribution in [2.75, 3.05) is 39.5 Å². The van der Waals surface area contributed by atoms with Crippen molar-refractivity contribution >= 4 is 0 Å². The van der Waals surface area contributed by atoms with E-state index in [9.17, 15) is 13.9 Å². The standard InChI is InChI=1S/C11H23F2NO3/c1-2-3-5-16-8-10(15)7-14-4-6-17-9-11(12)13/h10-11,14-15H,2-9H2,1H3. The van der Waals surface area contributed by atoms with Gasteiger partial charge in [-0.2, -0.15) is 0 Å². The number of unbranched alkanes of at least 4 members (excludes halogenated alkanes) is 1. The van der Waals surface area contributed by atoms with E-state index in [0.717, 1.165) is 12.8 Å². The third-order valence-electron chi connectivity index (χ3n) is 2.00. The fourth-order valence-corrected chi connectivity index (χ4v) is 1.11. The molecule has 0 aliphatic carbocycles. The van der Waals surface area contributed by atoms with Crippen LogP contribution in [0.15, 0.2) is 0 Å². The van der Waals surface area contributed by atoms with Crippen LogP contribution in [0.2, 0.25) is 0 Å². The molecule has 0 bridgehead atoms. The molecule has 0 fully saturated rings. The summed E-state index contributed by atoms with van der Waals surface area (Å²) in [4.78, 5) is 0. The number of nitrogens with one attached hydrogen (secondary N) is 1. The molecule has 0 rings (SSSR count). The molecule has 0 aliphatic rings. The Bertz CT molecular complexity index is 162. The van der Waals surface area contributed by atoms with Gasteiger partial charge in [0.2, 0.25) is 0 Å². The second-order valence-corrected chi connectivity index (χ2v) is 3.75. The average molecular weight is 255 g/mol. The summed E-state index contributed by atoms with van der Waals surface area (Å²) in [5.41, 5.74) is 0. The fraction of sp³-hybridized carbons (Fsp3) is 1.00. The molecule has 17 heavy (non-hydrogen) atoms. The number of ether oxygens (including phenoxy) is 2. The Labute approximate surface area is 101 Å². The van der Waals surface area contributed by atoms with Gasteiger partial charge in [0.1, 0.15) is 6.61 Å². The van der Waals surface area contributed by atoms with E-state index in [1.807, 2.05) is 0 Å². The number of hydrogen-bond donors (Lipinski definition) is 2. The summed E-state index contributed by atoms with van der Waals surface area (Å²) in [6.07, 6.45) is -0.938. The minimum Gasteiger partial charge on any atom is -0.389 e. The zero-order chi connectivity index (χ0) is 12.9. The summed E-state index contributed by atoms with van der Waals surface area (Å²) in [6, 6.07) is 0. The lowest BCUT2D eigenvalue weighted by Crippen LogP contribution is -2.32. The highest BCUT2D eigenvalue weighted by atomic mass is 19.3. The molecule has 104 valence electrons. The second kappa shape index (κ2) is 12.2. The van der Waals surface area contributed by atoms with E-state index in [1.165, 1.54) is 0 Å². The molecule has 2 N–H and O–H groups in total. The summed E-state index contributed by atoms with van der Waals surface area (Å²) >= 11 is 0. The molecular weight excluding hydrogens is 232 g/mol. The molecule has 0 amide bonds. The van der Waals surface area contributed by atoms with Crippen molar-refractivity contribution in [1.29, 1.82) is 0 Å². The summed E-state index contributed by atoms with van der Waals surface area (Å²) in [5.74, 6) is 0. The normalized spacial score (nSPS) is 13.2. The minimum absolute atomic E-state index is 0.216. The molecule has 0 aliphatic heterocycles. The smallest absolute Gasteiger partial charge is 0.261 e. The van der Waals surface area contributed by atoms with E-state index in [-0.39, 0.29) is 6.61 Å². The zero-order valence-corrected chi connectivity index (χ0v) is 10.3. The number of aliphatic hydroxyl groups excluding tert-OH is 1. The van der Waals surface area contributed by atoms with Crippen molar-refractivity contribution in [2.45, 2.75) is 32.3 Å². The Morgan fingerprint density at radius 3 is 2.53 bits per heavy atom. The fourth-order valence-electron chi connectivity index (χ4n) is 1.11. The molecule has 6 heteroatoms. The van der Waals surface area contributed by atoms with E-state index in [2.05, 4.69) is 17.0 Å². The van der Waals surface area contributed by atoms with Gasteiger partial charge in [-0.15, -0.1) is 0 Å².